The van der Waals surface area contributed by atoms with Crippen LogP contribution in [0.5, 0.6) is 0 Å². The number of nitrogens with one attached hydrogen (secondary N) is 1. The monoisotopic (exact) mass is 466 g/mol. The number of carbonyl (C=O) groups excluding carboxylic acids is 1. The van der Waals surface area contributed by atoms with Crippen molar-refractivity contribution in [3.8, 4) is 0 Å². The predicted molar refractivity (Wildman–Crippen MR) is 113 cm³/mol. The number of nitrogens with zero attached hydrogens (tertiary/aromatic N) is 5. The molecule has 0 aliphatic carbocycles. The van der Waals surface area contributed by atoms with E-state index in [0.29, 0.717) is 5.95 Å². The second kappa shape index (κ2) is 8.73. The summed E-state index contributed by atoms with van der Waals surface area (Å²) in [5, 5.41) is 2.38. The Balaban J connectivity index is 1.53. The molecule has 3 aromatic rings. The Kier molecular flexibility index (Phi) is 6.00. The summed E-state index contributed by atoms with van der Waals surface area (Å²) < 4.78 is 39.8. The lowest BCUT2D eigenvalue weighted by atomic mass is 10.1. The van der Waals surface area contributed by atoms with Gasteiger partial charge in [-0.3, -0.25) is 14.2 Å². The third-order valence-corrected chi connectivity index (χ3v) is 5.42. The summed E-state index contributed by atoms with van der Waals surface area (Å²) in [6, 6.07) is 2.59. The van der Waals surface area contributed by atoms with Crippen molar-refractivity contribution in [3.05, 3.63) is 51.7 Å². The van der Waals surface area contributed by atoms with E-state index in [1.54, 1.807) is 0 Å². The van der Waals surface area contributed by atoms with Gasteiger partial charge in [0.1, 0.15) is 18.3 Å². The largest absolute Gasteiger partial charge is 0.416 e. The number of amides is 1. The van der Waals surface area contributed by atoms with Gasteiger partial charge in [-0.05, 0) is 37.5 Å². The molecule has 0 radical (unpaired) electrons. The lowest BCUT2D eigenvalue weighted by Crippen LogP contribution is -2.32. The molecule has 1 N–H and O–H groups in total. The molecule has 0 saturated carbocycles. The van der Waals surface area contributed by atoms with Gasteiger partial charge in [0.25, 0.3) is 5.56 Å². The van der Waals surface area contributed by atoms with Gasteiger partial charge < -0.3 is 10.2 Å². The molecular formula is C20H18ClF3N6O2. The van der Waals surface area contributed by atoms with Crippen molar-refractivity contribution in [1.29, 1.82) is 0 Å². The number of alkyl halides is 3. The third kappa shape index (κ3) is 4.67. The molecule has 4 rings (SSSR count). The van der Waals surface area contributed by atoms with Gasteiger partial charge in [-0.2, -0.15) is 18.2 Å². The van der Waals surface area contributed by atoms with E-state index in [2.05, 4.69) is 20.3 Å². The lowest BCUT2D eigenvalue weighted by Gasteiger charge is -2.26. The second-order valence-corrected chi connectivity index (χ2v) is 7.78. The van der Waals surface area contributed by atoms with Crippen LogP contribution in [0, 0.1) is 0 Å². The van der Waals surface area contributed by atoms with Crippen molar-refractivity contribution in [2.45, 2.75) is 32.0 Å². The zero-order chi connectivity index (χ0) is 22.9. The summed E-state index contributed by atoms with van der Waals surface area (Å²) in [6.45, 7) is 1.20. The second-order valence-electron chi connectivity index (χ2n) is 7.37. The molecule has 2 aromatic heterocycles. The molecule has 3 heterocycles. The number of hydrogen-bond donors (Lipinski definition) is 1. The number of aromatic nitrogens is 4. The van der Waals surface area contributed by atoms with Crippen LogP contribution in [-0.2, 0) is 17.5 Å². The van der Waals surface area contributed by atoms with E-state index < -0.39 is 29.8 Å². The number of benzene rings is 1. The molecule has 1 aliphatic heterocycles. The van der Waals surface area contributed by atoms with E-state index >= 15 is 0 Å². The van der Waals surface area contributed by atoms with Gasteiger partial charge in [-0.1, -0.05) is 11.6 Å². The Bertz CT molecular complexity index is 1220. The maximum Gasteiger partial charge on any atom is 0.416 e. The van der Waals surface area contributed by atoms with E-state index in [4.69, 9.17) is 11.6 Å². The SMILES string of the molecule is O=C(Cn1cnc2nc(N3CCCCC3)ncc2c1=O)Nc1cc(C(F)(F)F)ccc1Cl. The smallest absolute Gasteiger partial charge is 0.341 e. The first-order chi connectivity index (χ1) is 15.2. The number of halogens is 4. The first-order valence-electron chi connectivity index (χ1n) is 9.86. The summed E-state index contributed by atoms with van der Waals surface area (Å²) in [7, 11) is 0. The average Bonchev–Trinajstić information content (AvgIpc) is 2.77. The number of carbonyl (C=O) groups is 1. The Morgan fingerprint density at radius 2 is 1.91 bits per heavy atom. The highest BCUT2D eigenvalue weighted by Crippen LogP contribution is 2.33. The van der Waals surface area contributed by atoms with Gasteiger partial charge in [0.15, 0.2) is 5.65 Å². The minimum Gasteiger partial charge on any atom is -0.341 e. The van der Waals surface area contributed by atoms with Crippen molar-refractivity contribution in [3.63, 3.8) is 0 Å². The summed E-state index contributed by atoms with van der Waals surface area (Å²) in [6.07, 6.45) is 1.20. The maximum atomic E-state index is 12.9. The first-order valence-corrected chi connectivity index (χ1v) is 10.2. The molecule has 1 aromatic carbocycles. The molecule has 0 atom stereocenters. The van der Waals surface area contributed by atoms with Gasteiger partial charge in [-0.25, -0.2) is 9.97 Å². The molecule has 1 aliphatic rings. The predicted octanol–water partition coefficient (Wildman–Crippen LogP) is 3.49. The zero-order valence-corrected chi connectivity index (χ0v) is 17.4. The molecule has 32 heavy (non-hydrogen) atoms. The highest BCUT2D eigenvalue weighted by molar-refractivity contribution is 6.33. The van der Waals surface area contributed by atoms with Crippen molar-refractivity contribution < 1.29 is 18.0 Å². The Morgan fingerprint density at radius 3 is 2.62 bits per heavy atom. The summed E-state index contributed by atoms with van der Waals surface area (Å²) >= 11 is 5.90. The molecule has 0 bridgehead atoms. The molecule has 1 saturated heterocycles. The number of hydrogen-bond acceptors (Lipinski definition) is 6. The fourth-order valence-corrected chi connectivity index (χ4v) is 3.61. The molecule has 1 fully saturated rings. The maximum absolute atomic E-state index is 12.9. The molecule has 168 valence electrons. The van der Waals surface area contributed by atoms with Crippen LogP contribution in [0.4, 0.5) is 24.8 Å². The third-order valence-electron chi connectivity index (χ3n) is 5.09. The van der Waals surface area contributed by atoms with E-state index in [1.165, 1.54) is 12.5 Å². The first kappa shape index (κ1) is 22.0. The zero-order valence-electron chi connectivity index (χ0n) is 16.7. The van der Waals surface area contributed by atoms with Gasteiger partial charge in [0, 0.05) is 19.3 Å². The summed E-state index contributed by atoms with van der Waals surface area (Å²) in [4.78, 5) is 39.9. The Labute approximate surface area is 185 Å². The fourth-order valence-electron chi connectivity index (χ4n) is 3.45. The average molecular weight is 467 g/mol. The van der Waals surface area contributed by atoms with E-state index in [1.807, 2.05) is 4.90 Å². The van der Waals surface area contributed by atoms with Gasteiger partial charge in [-0.15, -0.1) is 0 Å². The summed E-state index contributed by atoms with van der Waals surface area (Å²) in [5.74, 6) is -0.237. The Morgan fingerprint density at radius 1 is 1.16 bits per heavy atom. The van der Waals surface area contributed by atoms with Crippen LogP contribution >= 0.6 is 11.6 Å². The quantitative estimate of drug-likeness (QED) is 0.632. The highest BCUT2D eigenvalue weighted by Gasteiger charge is 2.31. The van der Waals surface area contributed by atoms with E-state index in [-0.39, 0.29) is 21.7 Å². The topological polar surface area (TPSA) is 93.0 Å². The van der Waals surface area contributed by atoms with Gasteiger partial charge >= 0.3 is 6.18 Å². The molecule has 8 nitrogen and oxygen atoms in total. The number of fused-ring (bicyclic) bond motifs is 1. The highest BCUT2D eigenvalue weighted by atomic mass is 35.5. The van der Waals surface area contributed by atoms with Gasteiger partial charge in [0.05, 0.1) is 16.3 Å². The van der Waals surface area contributed by atoms with Crippen LogP contribution < -0.4 is 15.8 Å². The van der Waals surface area contributed by atoms with Crippen molar-refractivity contribution in [2.75, 3.05) is 23.3 Å². The molecule has 0 unspecified atom stereocenters. The van der Waals surface area contributed by atoms with Crippen LogP contribution in [0.25, 0.3) is 11.0 Å². The van der Waals surface area contributed by atoms with Gasteiger partial charge in [0.2, 0.25) is 11.9 Å². The minimum atomic E-state index is -4.59. The van der Waals surface area contributed by atoms with Crippen LogP contribution in [0.2, 0.25) is 5.02 Å². The minimum absolute atomic E-state index is 0.0611. The van der Waals surface area contributed by atoms with Crippen molar-refractivity contribution in [2.24, 2.45) is 0 Å². The molecule has 12 heteroatoms. The molecule has 0 spiro atoms. The van der Waals surface area contributed by atoms with Crippen LogP contribution in [0.15, 0.2) is 35.5 Å². The van der Waals surface area contributed by atoms with Crippen molar-refractivity contribution in [1.82, 2.24) is 19.5 Å². The van der Waals surface area contributed by atoms with Crippen molar-refractivity contribution >= 4 is 40.2 Å². The Hall–Kier alpha value is -3.21. The summed E-state index contributed by atoms with van der Waals surface area (Å²) in [5.41, 5.74) is -1.49. The molecular weight excluding hydrogens is 449 g/mol. The number of rotatable bonds is 4. The van der Waals surface area contributed by atoms with Crippen LogP contribution in [-0.4, -0.2) is 38.5 Å². The molecule has 1 amide bonds. The van der Waals surface area contributed by atoms with Crippen LogP contribution in [0.3, 0.4) is 0 Å². The van der Waals surface area contributed by atoms with E-state index in [9.17, 15) is 22.8 Å². The number of anilines is 2. The van der Waals surface area contributed by atoms with E-state index in [0.717, 1.165) is 55.1 Å². The number of piperidine rings is 1. The van der Waals surface area contributed by atoms with Crippen LogP contribution in [0.1, 0.15) is 24.8 Å². The normalized spacial score (nSPS) is 14.6. The standard InChI is InChI=1S/C20H18ClF3N6O2/c21-14-5-4-12(20(22,23)24)8-15(14)27-16(31)10-30-11-26-17-13(18(30)32)9-25-19(28-17)29-6-2-1-3-7-29/h4-5,8-9,11H,1-3,6-7,10H2,(H,27,31). The lowest BCUT2D eigenvalue weighted by molar-refractivity contribution is -0.137. The fraction of sp³-hybridized carbons (Fsp3) is 0.350.